The van der Waals surface area contributed by atoms with Crippen LogP contribution in [0.15, 0.2) is 28.7 Å². The largest absolute Gasteiger partial charge is 0.510 e. The molecule has 45 heavy (non-hydrogen) atoms. The van der Waals surface area contributed by atoms with Gasteiger partial charge in [-0.15, -0.1) is 0 Å². The molecule has 7 aliphatic rings. The number of amides is 1. The summed E-state index contributed by atoms with van der Waals surface area (Å²) < 4.78 is 0. The molecule has 4 atom stereocenters. The van der Waals surface area contributed by atoms with Crippen LogP contribution in [-0.4, -0.2) is 87.0 Å². The Kier molecular flexibility index (Phi) is 7.02. The Balaban J connectivity index is 1.22. The molecule has 4 fully saturated rings. The number of carbonyl (C=O) groups excluding carboxylic acids is 3. The van der Waals surface area contributed by atoms with Gasteiger partial charge in [-0.3, -0.25) is 19.3 Å². The number of carbonyl (C=O) groups is 3. The van der Waals surface area contributed by atoms with E-state index in [1.165, 1.54) is 49.5 Å². The van der Waals surface area contributed by atoms with Gasteiger partial charge in [-0.1, -0.05) is 11.6 Å². The second-order valence-corrected chi connectivity index (χ2v) is 15.7. The molecule has 11 heteroatoms. The van der Waals surface area contributed by atoms with E-state index in [-0.39, 0.29) is 29.7 Å². The van der Waals surface area contributed by atoms with Crippen molar-refractivity contribution in [3.05, 3.63) is 50.4 Å². The van der Waals surface area contributed by atoms with Gasteiger partial charge in [-0.05, 0) is 119 Å². The van der Waals surface area contributed by atoms with Crippen LogP contribution in [0, 0.1) is 35.0 Å². The van der Waals surface area contributed by atoms with Gasteiger partial charge in [-0.25, -0.2) is 0 Å². The number of nitrogens with two attached hydrogens (primary N) is 1. The van der Waals surface area contributed by atoms with Gasteiger partial charge in [0.25, 0.3) is 5.91 Å². The second kappa shape index (κ2) is 10.3. The maximum Gasteiger partial charge on any atom is 0.255 e. The van der Waals surface area contributed by atoms with Gasteiger partial charge < -0.3 is 31.1 Å². The smallest absolute Gasteiger partial charge is 0.255 e. The number of rotatable bonds is 6. The zero-order chi connectivity index (χ0) is 32.3. The van der Waals surface area contributed by atoms with E-state index < -0.39 is 58.0 Å². The number of hydrogen-bond donors (Lipinski definition) is 5. The minimum Gasteiger partial charge on any atom is -0.510 e. The summed E-state index contributed by atoms with van der Waals surface area (Å²) >= 11 is 7.02. The Morgan fingerprint density at radius 3 is 2.18 bits per heavy atom. The predicted molar refractivity (Wildman–Crippen MR) is 166 cm³/mol. The highest BCUT2D eigenvalue weighted by atomic mass is 35.5. The number of benzene rings is 1. The first kappa shape index (κ1) is 30.7. The highest BCUT2D eigenvalue weighted by Crippen LogP contribution is 2.60. The molecule has 4 saturated carbocycles. The van der Waals surface area contributed by atoms with Crippen molar-refractivity contribution >= 4 is 29.1 Å². The Bertz CT molecular complexity index is 1560. The number of phenolic OH excluding ortho intramolecular Hbond substituents is 1. The lowest BCUT2D eigenvalue weighted by Gasteiger charge is -2.57. The first-order valence-corrected chi connectivity index (χ1v) is 16.4. The topological polar surface area (TPSA) is 165 Å². The molecule has 0 heterocycles. The number of aliphatic hydroxyl groups excluding tert-OH is 2. The molecule has 10 nitrogen and oxygen atoms in total. The predicted octanol–water partition coefficient (Wildman–Crippen LogP) is 3.42. The normalized spacial score (nSPS) is 37.0. The van der Waals surface area contributed by atoms with Gasteiger partial charge in [0.05, 0.1) is 11.6 Å². The first-order chi connectivity index (χ1) is 21.1. The average Bonchev–Trinajstić information content (AvgIpc) is 2.92. The summed E-state index contributed by atoms with van der Waals surface area (Å²) in [6.07, 6.45) is 8.15. The SMILES string of the molecule is CN(Cc1cc(O)c2c(c1Cl)C[C@H]1C[C@H]3[C@H](N(C)C)C(O)=C(C(N)=O)C(=O)[C@@]3(O)C(O)=C1C2=O)CC12CC3CC(CC(C3)C1)C2. The number of nitrogens with zero attached hydrogens (tertiary/aromatic N) is 2. The monoisotopic (exact) mass is 639 g/mol. The number of phenols is 1. The third-order valence-electron chi connectivity index (χ3n) is 11.9. The molecular formula is C34H42ClN3O7. The molecule has 1 aromatic rings. The third kappa shape index (κ3) is 4.42. The molecule has 0 spiro atoms. The van der Waals surface area contributed by atoms with Crippen LogP contribution in [0.3, 0.4) is 0 Å². The zero-order valence-corrected chi connectivity index (χ0v) is 26.7. The lowest BCUT2D eigenvalue weighted by molar-refractivity contribution is -0.148. The van der Waals surface area contributed by atoms with Crippen LogP contribution in [-0.2, 0) is 22.6 Å². The van der Waals surface area contributed by atoms with Crippen LogP contribution in [0.1, 0.15) is 66.4 Å². The van der Waals surface area contributed by atoms with Gasteiger partial charge in [0.2, 0.25) is 5.78 Å². The highest BCUT2D eigenvalue weighted by molar-refractivity contribution is 6.33. The molecule has 4 bridgehead atoms. The molecule has 1 aromatic carbocycles. The van der Waals surface area contributed by atoms with Crippen LogP contribution >= 0.6 is 11.6 Å². The summed E-state index contributed by atoms with van der Waals surface area (Å²) in [6.45, 7) is 1.46. The lowest BCUT2D eigenvalue weighted by atomic mass is 9.49. The Morgan fingerprint density at radius 1 is 1.02 bits per heavy atom. The van der Waals surface area contributed by atoms with Crippen molar-refractivity contribution in [2.45, 2.75) is 69.6 Å². The van der Waals surface area contributed by atoms with Crippen molar-refractivity contribution in [1.29, 1.82) is 0 Å². The van der Waals surface area contributed by atoms with Gasteiger partial charge >= 0.3 is 0 Å². The molecule has 0 aromatic heterocycles. The van der Waals surface area contributed by atoms with E-state index in [9.17, 15) is 34.8 Å². The second-order valence-electron chi connectivity index (χ2n) is 15.3. The molecule has 0 radical (unpaired) electrons. The van der Waals surface area contributed by atoms with Gasteiger partial charge in [0, 0.05) is 29.6 Å². The van der Waals surface area contributed by atoms with Crippen molar-refractivity contribution in [2.75, 3.05) is 27.7 Å². The minimum absolute atomic E-state index is 0.0268. The Labute approximate surface area is 267 Å². The van der Waals surface area contributed by atoms with Crippen LogP contribution in [0.5, 0.6) is 5.75 Å². The summed E-state index contributed by atoms with van der Waals surface area (Å²) in [5.41, 5.74) is 3.17. The molecule has 6 N–H and O–H groups in total. The number of likely N-dealkylation sites (N-methyl/N-ethyl adjacent to an activating group) is 1. The number of aliphatic hydroxyl groups is 3. The molecule has 0 saturated heterocycles. The van der Waals surface area contributed by atoms with Crippen molar-refractivity contribution in [3.63, 3.8) is 0 Å². The Hall–Kier alpha value is -2.92. The number of ketones is 2. The van der Waals surface area contributed by atoms with Crippen LogP contribution in [0.2, 0.25) is 5.02 Å². The van der Waals surface area contributed by atoms with Crippen LogP contribution in [0.4, 0.5) is 0 Å². The summed E-state index contributed by atoms with van der Waals surface area (Å²) in [4.78, 5) is 43.4. The lowest BCUT2D eigenvalue weighted by Crippen LogP contribution is -2.63. The number of allylic oxidation sites excluding steroid dienone is 1. The fraction of sp³-hybridized carbons (Fsp3) is 0.618. The maximum absolute atomic E-state index is 14.0. The van der Waals surface area contributed by atoms with Gasteiger partial charge in [0.15, 0.2) is 11.4 Å². The van der Waals surface area contributed by atoms with Crippen molar-refractivity contribution < 1.29 is 34.8 Å². The van der Waals surface area contributed by atoms with Crippen LogP contribution in [0.25, 0.3) is 0 Å². The zero-order valence-electron chi connectivity index (χ0n) is 26.0. The van der Waals surface area contributed by atoms with E-state index in [2.05, 4.69) is 11.9 Å². The van der Waals surface area contributed by atoms with Crippen LogP contribution < -0.4 is 5.73 Å². The fourth-order valence-electron chi connectivity index (χ4n) is 10.9. The summed E-state index contributed by atoms with van der Waals surface area (Å²) in [6, 6.07) is 0.469. The molecular weight excluding hydrogens is 598 g/mol. The summed E-state index contributed by atoms with van der Waals surface area (Å²) in [5, 5.41) is 45.8. The first-order valence-electron chi connectivity index (χ1n) is 16.0. The standard InChI is InChI=1S/C34H42ClN3O7/c1-37(2)27-21-8-18-7-20-24(28(40)23(18)30(42)34(21,45)31(43)25(29(27)41)32(36)44)22(39)9-19(26(20)35)13-38(3)14-33-10-15-4-16(11-33)6-17(5-15)12-33/h9,15-18,21,27,39,41-42,45H,4-8,10-14H2,1-3H3,(H2,36,44)/t15?,16?,17?,18-,21-,27-,33?,34-/m0/s1. The van der Waals surface area contributed by atoms with Crippen molar-refractivity contribution in [1.82, 2.24) is 9.80 Å². The minimum atomic E-state index is -2.66. The molecule has 7 aliphatic carbocycles. The Morgan fingerprint density at radius 2 is 1.62 bits per heavy atom. The molecule has 242 valence electrons. The quantitative estimate of drug-likeness (QED) is 0.293. The van der Waals surface area contributed by atoms with E-state index in [1.54, 1.807) is 14.1 Å². The molecule has 0 unspecified atom stereocenters. The molecule has 1 amide bonds. The number of aromatic hydroxyl groups is 1. The van der Waals surface area contributed by atoms with Gasteiger partial charge in [-0.2, -0.15) is 0 Å². The van der Waals surface area contributed by atoms with E-state index in [4.69, 9.17) is 17.3 Å². The van der Waals surface area contributed by atoms with E-state index in [0.717, 1.165) is 24.3 Å². The number of primary amides is 1. The number of hydrogen-bond acceptors (Lipinski definition) is 9. The highest BCUT2D eigenvalue weighted by Gasteiger charge is 2.63. The third-order valence-corrected chi connectivity index (χ3v) is 12.4. The van der Waals surface area contributed by atoms with E-state index in [1.807, 2.05) is 0 Å². The number of fused-ring (bicyclic) bond motifs is 3. The van der Waals surface area contributed by atoms with Crippen molar-refractivity contribution in [2.24, 2.45) is 40.7 Å². The summed E-state index contributed by atoms with van der Waals surface area (Å²) in [5.74, 6) is -4.20. The number of Topliss-reactive ketones (excluding diaryl/α,β-unsaturated/α-hetero) is 2. The van der Waals surface area contributed by atoms with E-state index >= 15 is 0 Å². The summed E-state index contributed by atoms with van der Waals surface area (Å²) in [7, 11) is 5.29. The van der Waals surface area contributed by atoms with E-state index in [0.29, 0.717) is 28.1 Å². The average molecular weight is 640 g/mol. The fourth-order valence-corrected chi connectivity index (χ4v) is 11.2. The number of halogens is 1. The van der Waals surface area contributed by atoms with Crippen molar-refractivity contribution in [3.8, 4) is 5.75 Å². The van der Waals surface area contributed by atoms with Gasteiger partial charge in [0.1, 0.15) is 22.8 Å². The maximum atomic E-state index is 14.0. The molecule has 8 rings (SSSR count). The molecule has 0 aliphatic heterocycles.